The number of aryl methyl sites for hydroxylation is 1. The average molecular weight is 401 g/mol. The molecule has 1 aromatic heterocycles. The third kappa shape index (κ3) is 4.10. The molecular formula is C23H20FN5O. The molecule has 0 saturated carbocycles. The highest BCUT2D eigenvalue weighted by atomic mass is 19.1. The molecule has 0 spiro atoms. The van der Waals surface area contributed by atoms with Crippen molar-refractivity contribution in [3.8, 4) is 16.8 Å². The van der Waals surface area contributed by atoms with Gasteiger partial charge in [0.15, 0.2) is 0 Å². The number of carbonyl (C=O) groups is 1. The lowest BCUT2D eigenvalue weighted by Crippen LogP contribution is -2.27. The summed E-state index contributed by atoms with van der Waals surface area (Å²) >= 11 is 0. The van der Waals surface area contributed by atoms with Crippen LogP contribution in [-0.4, -0.2) is 26.1 Å². The third-order valence-electron chi connectivity index (χ3n) is 4.90. The number of tetrazole rings is 1. The zero-order valence-electron chi connectivity index (χ0n) is 16.6. The van der Waals surface area contributed by atoms with Crippen LogP contribution in [0.2, 0.25) is 0 Å². The lowest BCUT2D eigenvalue weighted by molar-refractivity contribution is 0.0939. The molecule has 1 unspecified atom stereocenters. The van der Waals surface area contributed by atoms with E-state index in [-0.39, 0.29) is 11.7 Å². The lowest BCUT2D eigenvalue weighted by Gasteiger charge is -2.16. The molecule has 1 atom stereocenters. The van der Waals surface area contributed by atoms with Crippen LogP contribution in [0.3, 0.4) is 0 Å². The Labute approximate surface area is 173 Å². The van der Waals surface area contributed by atoms with Gasteiger partial charge in [-0.25, -0.2) is 9.07 Å². The van der Waals surface area contributed by atoms with Crippen molar-refractivity contribution < 1.29 is 9.18 Å². The van der Waals surface area contributed by atoms with Gasteiger partial charge in [0, 0.05) is 11.1 Å². The van der Waals surface area contributed by atoms with Gasteiger partial charge >= 0.3 is 0 Å². The quantitative estimate of drug-likeness (QED) is 0.542. The van der Waals surface area contributed by atoms with Crippen LogP contribution in [0.15, 0.2) is 73.1 Å². The first-order valence-electron chi connectivity index (χ1n) is 9.52. The van der Waals surface area contributed by atoms with Crippen molar-refractivity contribution >= 4 is 5.91 Å². The largest absolute Gasteiger partial charge is 0.345 e. The Morgan fingerprint density at radius 1 is 1.03 bits per heavy atom. The molecule has 0 aliphatic heterocycles. The van der Waals surface area contributed by atoms with Crippen molar-refractivity contribution in [1.82, 2.24) is 25.5 Å². The molecule has 7 heteroatoms. The highest BCUT2D eigenvalue weighted by molar-refractivity contribution is 5.96. The van der Waals surface area contributed by atoms with Gasteiger partial charge in [0.2, 0.25) is 0 Å². The first kappa shape index (κ1) is 19.4. The molecule has 6 nitrogen and oxygen atoms in total. The number of hydrogen-bond acceptors (Lipinski definition) is 4. The Kier molecular flexibility index (Phi) is 5.34. The van der Waals surface area contributed by atoms with Gasteiger partial charge in [-0.15, -0.1) is 5.10 Å². The summed E-state index contributed by atoms with van der Waals surface area (Å²) in [5.41, 5.74) is 4.48. The van der Waals surface area contributed by atoms with E-state index in [0.717, 1.165) is 16.7 Å². The van der Waals surface area contributed by atoms with Crippen molar-refractivity contribution in [3.63, 3.8) is 0 Å². The molecule has 0 fully saturated rings. The van der Waals surface area contributed by atoms with Crippen molar-refractivity contribution in [2.24, 2.45) is 0 Å². The summed E-state index contributed by atoms with van der Waals surface area (Å²) in [7, 11) is 0. The van der Waals surface area contributed by atoms with E-state index in [1.54, 1.807) is 31.2 Å². The van der Waals surface area contributed by atoms with Crippen LogP contribution >= 0.6 is 0 Å². The van der Waals surface area contributed by atoms with Crippen LogP contribution in [0.5, 0.6) is 0 Å². The normalized spacial score (nSPS) is 11.8. The summed E-state index contributed by atoms with van der Waals surface area (Å²) in [6.45, 7) is 3.77. The second-order valence-electron chi connectivity index (χ2n) is 7.11. The molecule has 30 heavy (non-hydrogen) atoms. The highest BCUT2D eigenvalue weighted by Crippen LogP contribution is 2.25. The Bertz CT molecular complexity index is 1170. The third-order valence-corrected chi connectivity index (χ3v) is 4.90. The number of amides is 1. The number of halogens is 1. The van der Waals surface area contributed by atoms with Crippen LogP contribution in [0.1, 0.15) is 34.5 Å². The fourth-order valence-corrected chi connectivity index (χ4v) is 3.25. The average Bonchev–Trinajstić information content (AvgIpc) is 3.29. The number of nitrogens with one attached hydrogen (secondary N) is 1. The molecule has 3 aromatic carbocycles. The molecule has 1 N–H and O–H groups in total. The Balaban J connectivity index is 1.70. The number of aromatic nitrogens is 4. The molecule has 1 heterocycles. The Morgan fingerprint density at radius 3 is 2.50 bits per heavy atom. The van der Waals surface area contributed by atoms with Crippen LogP contribution in [0, 0.1) is 12.7 Å². The minimum atomic E-state index is -0.488. The zero-order chi connectivity index (χ0) is 21.1. The monoisotopic (exact) mass is 401 g/mol. The summed E-state index contributed by atoms with van der Waals surface area (Å²) in [5.74, 6) is -0.665. The number of benzene rings is 3. The van der Waals surface area contributed by atoms with Crippen molar-refractivity contribution in [1.29, 1.82) is 0 Å². The lowest BCUT2D eigenvalue weighted by atomic mass is 10.00. The second kappa shape index (κ2) is 8.24. The first-order valence-corrected chi connectivity index (χ1v) is 9.52. The number of hydrogen-bond donors (Lipinski definition) is 1. The first-order chi connectivity index (χ1) is 14.5. The van der Waals surface area contributed by atoms with Crippen molar-refractivity contribution in [3.05, 3.63) is 95.6 Å². The maximum absolute atomic E-state index is 14.1. The molecule has 0 bridgehead atoms. The van der Waals surface area contributed by atoms with E-state index in [0.29, 0.717) is 16.8 Å². The van der Waals surface area contributed by atoms with E-state index >= 15 is 0 Å². The van der Waals surface area contributed by atoms with Crippen molar-refractivity contribution in [2.45, 2.75) is 19.9 Å². The minimum Gasteiger partial charge on any atom is -0.345 e. The maximum atomic E-state index is 14.1. The topological polar surface area (TPSA) is 72.7 Å². The van der Waals surface area contributed by atoms with Crippen LogP contribution < -0.4 is 5.32 Å². The number of nitrogens with zero attached hydrogens (tertiary/aromatic N) is 4. The fourth-order valence-electron chi connectivity index (χ4n) is 3.25. The molecule has 0 aliphatic rings. The second-order valence-corrected chi connectivity index (χ2v) is 7.11. The van der Waals surface area contributed by atoms with E-state index in [2.05, 4.69) is 20.8 Å². The van der Waals surface area contributed by atoms with Gasteiger partial charge in [-0.05, 0) is 59.7 Å². The van der Waals surface area contributed by atoms with E-state index in [1.165, 1.54) is 17.1 Å². The predicted octanol–water partition coefficient (Wildman–Crippen LogP) is 4.27. The molecular weight excluding hydrogens is 381 g/mol. The number of carbonyl (C=O) groups excluding carboxylic acids is 1. The molecule has 0 radical (unpaired) electrons. The summed E-state index contributed by atoms with van der Waals surface area (Å²) < 4.78 is 15.6. The van der Waals surface area contributed by atoms with Crippen LogP contribution in [0.4, 0.5) is 4.39 Å². The van der Waals surface area contributed by atoms with Crippen LogP contribution in [0.25, 0.3) is 16.8 Å². The summed E-state index contributed by atoms with van der Waals surface area (Å²) in [4.78, 5) is 13.0. The standard InChI is InChI=1S/C23H20FN5O/c1-15-7-9-17(10-8-15)18-11-19(13-20(12-18)29-14-25-27-28-29)23(30)26-16(2)21-5-3-4-6-22(21)24/h3-14,16H,1-2H3,(H,26,30). The van der Waals surface area contributed by atoms with Gasteiger partial charge in [-0.2, -0.15) is 0 Å². The van der Waals surface area contributed by atoms with Gasteiger partial charge in [-0.1, -0.05) is 48.0 Å². The van der Waals surface area contributed by atoms with Gasteiger partial charge in [0.25, 0.3) is 5.91 Å². The SMILES string of the molecule is Cc1ccc(-c2cc(C(=O)NC(C)c3ccccc3F)cc(-n3cnnn3)c2)cc1. The molecule has 4 aromatic rings. The molecule has 4 rings (SSSR count). The molecule has 1 amide bonds. The van der Waals surface area contributed by atoms with E-state index < -0.39 is 6.04 Å². The predicted molar refractivity (Wildman–Crippen MR) is 112 cm³/mol. The van der Waals surface area contributed by atoms with Gasteiger partial charge < -0.3 is 5.32 Å². The van der Waals surface area contributed by atoms with Crippen LogP contribution in [-0.2, 0) is 0 Å². The van der Waals surface area contributed by atoms with E-state index in [1.807, 2.05) is 43.3 Å². The summed E-state index contributed by atoms with van der Waals surface area (Å²) in [5, 5.41) is 14.2. The zero-order valence-corrected chi connectivity index (χ0v) is 16.6. The minimum absolute atomic E-state index is 0.311. The summed E-state index contributed by atoms with van der Waals surface area (Å²) in [6.07, 6.45) is 1.47. The number of rotatable bonds is 5. The smallest absolute Gasteiger partial charge is 0.251 e. The van der Waals surface area contributed by atoms with E-state index in [9.17, 15) is 9.18 Å². The van der Waals surface area contributed by atoms with E-state index in [4.69, 9.17) is 0 Å². The Morgan fingerprint density at radius 2 is 1.80 bits per heavy atom. The van der Waals surface area contributed by atoms with Gasteiger partial charge in [-0.3, -0.25) is 4.79 Å². The van der Waals surface area contributed by atoms with Crippen molar-refractivity contribution in [2.75, 3.05) is 0 Å². The van der Waals surface area contributed by atoms with Gasteiger partial charge in [0.05, 0.1) is 11.7 Å². The highest BCUT2D eigenvalue weighted by Gasteiger charge is 2.16. The molecule has 0 aliphatic carbocycles. The molecule has 0 saturated heterocycles. The Hall–Kier alpha value is -3.87. The maximum Gasteiger partial charge on any atom is 0.251 e. The molecule has 150 valence electrons. The van der Waals surface area contributed by atoms with Gasteiger partial charge in [0.1, 0.15) is 12.1 Å². The fraction of sp³-hybridized carbons (Fsp3) is 0.130. The summed E-state index contributed by atoms with van der Waals surface area (Å²) in [6, 6.07) is 19.4.